The van der Waals surface area contributed by atoms with Crippen LogP contribution in [0.1, 0.15) is 17.2 Å². The minimum absolute atomic E-state index is 0. The number of benzene rings is 1. The molecule has 2 heterocycles. The van der Waals surface area contributed by atoms with Crippen molar-refractivity contribution in [2.75, 3.05) is 26.2 Å². The van der Waals surface area contributed by atoms with Crippen LogP contribution in [0.3, 0.4) is 0 Å². The second kappa shape index (κ2) is 9.73. The fourth-order valence-corrected chi connectivity index (χ4v) is 3.01. The van der Waals surface area contributed by atoms with Gasteiger partial charge in [-0.2, -0.15) is 0 Å². The first-order valence-corrected chi connectivity index (χ1v) is 8.46. The molecule has 0 radical (unpaired) electrons. The Bertz CT molecular complexity index is 667. The summed E-state index contributed by atoms with van der Waals surface area (Å²) in [6.45, 7) is 3.46. The summed E-state index contributed by atoms with van der Waals surface area (Å²) in [4.78, 5) is 18.7. The van der Waals surface area contributed by atoms with Gasteiger partial charge in [-0.25, -0.2) is 0 Å². The molecule has 1 saturated heterocycles. The van der Waals surface area contributed by atoms with Crippen molar-refractivity contribution in [2.45, 2.75) is 12.6 Å². The number of nitrogens with zero attached hydrogens (tertiary/aromatic N) is 2. The highest BCUT2D eigenvalue weighted by atomic mass is 35.5. The summed E-state index contributed by atoms with van der Waals surface area (Å²) in [6, 6.07) is 11.7. The van der Waals surface area contributed by atoms with Crippen LogP contribution in [-0.4, -0.2) is 42.0 Å². The van der Waals surface area contributed by atoms with E-state index >= 15 is 0 Å². The maximum atomic E-state index is 12.3. The maximum absolute atomic E-state index is 12.3. The van der Waals surface area contributed by atoms with Crippen LogP contribution in [0.15, 0.2) is 48.8 Å². The number of nitrogens with one attached hydrogen (secondary N) is 2. The van der Waals surface area contributed by atoms with E-state index in [-0.39, 0.29) is 24.4 Å². The normalized spacial score (nSPS) is 17.6. The average Bonchev–Trinajstić information content (AvgIpc) is 2.62. The van der Waals surface area contributed by atoms with Crippen LogP contribution in [-0.2, 0) is 11.3 Å². The Morgan fingerprint density at radius 3 is 2.84 bits per heavy atom. The highest BCUT2D eigenvalue weighted by Crippen LogP contribution is 2.20. The van der Waals surface area contributed by atoms with Crippen molar-refractivity contribution in [1.82, 2.24) is 20.5 Å². The van der Waals surface area contributed by atoms with Crippen molar-refractivity contribution >= 4 is 29.9 Å². The van der Waals surface area contributed by atoms with Crippen LogP contribution >= 0.6 is 24.0 Å². The third-order valence-electron chi connectivity index (χ3n) is 4.17. The fraction of sp³-hybridized carbons (Fsp3) is 0.333. The van der Waals surface area contributed by atoms with Crippen LogP contribution < -0.4 is 10.6 Å². The standard InChI is InChI=1S/C18H21ClN4O.ClH/c19-16-5-3-14(4-6-16)10-22-18(24)13-23-9-8-21-12-17(23)15-2-1-7-20-11-15;/h1-7,11,17,21H,8-10,12-13H2,(H,22,24);1H. The molecular formula is C18H22Cl2N4O. The zero-order valence-corrected chi connectivity index (χ0v) is 15.4. The molecule has 25 heavy (non-hydrogen) atoms. The predicted octanol–water partition coefficient (Wildman–Crippen LogP) is 2.42. The first-order valence-electron chi connectivity index (χ1n) is 8.08. The van der Waals surface area contributed by atoms with Gasteiger partial charge in [0.15, 0.2) is 0 Å². The van der Waals surface area contributed by atoms with E-state index in [0.717, 1.165) is 30.8 Å². The Balaban J connectivity index is 0.00000225. The SMILES string of the molecule is Cl.O=C(CN1CCNCC1c1cccnc1)NCc1ccc(Cl)cc1. The van der Waals surface area contributed by atoms with Crippen molar-refractivity contribution in [3.05, 3.63) is 64.9 Å². The number of piperazine rings is 1. The highest BCUT2D eigenvalue weighted by molar-refractivity contribution is 6.30. The Kier molecular flexibility index (Phi) is 7.65. The van der Waals surface area contributed by atoms with Crippen molar-refractivity contribution in [1.29, 1.82) is 0 Å². The molecule has 2 N–H and O–H groups in total. The smallest absolute Gasteiger partial charge is 0.234 e. The monoisotopic (exact) mass is 380 g/mol. The minimum atomic E-state index is 0. The quantitative estimate of drug-likeness (QED) is 0.835. The van der Waals surface area contributed by atoms with Gasteiger partial charge in [-0.05, 0) is 29.3 Å². The molecule has 1 fully saturated rings. The number of carbonyl (C=O) groups is 1. The number of amides is 1. The molecule has 0 spiro atoms. The van der Waals surface area contributed by atoms with Gasteiger partial charge in [0.05, 0.1) is 6.54 Å². The maximum Gasteiger partial charge on any atom is 0.234 e. The zero-order valence-electron chi connectivity index (χ0n) is 13.8. The molecule has 3 rings (SSSR count). The fourth-order valence-electron chi connectivity index (χ4n) is 2.88. The largest absolute Gasteiger partial charge is 0.351 e. The molecule has 1 atom stereocenters. The predicted molar refractivity (Wildman–Crippen MR) is 102 cm³/mol. The van der Waals surface area contributed by atoms with Crippen LogP contribution in [0.5, 0.6) is 0 Å². The average molecular weight is 381 g/mol. The number of hydrogen-bond donors (Lipinski definition) is 2. The molecule has 1 aromatic carbocycles. The second-order valence-corrected chi connectivity index (χ2v) is 6.32. The van der Waals surface area contributed by atoms with E-state index in [1.165, 1.54) is 0 Å². The van der Waals surface area contributed by atoms with Gasteiger partial charge >= 0.3 is 0 Å². The molecule has 2 aromatic rings. The van der Waals surface area contributed by atoms with Gasteiger partial charge in [0.1, 0.15) is 0 Å². The summed E-state index contributed by atoms with van der Waals surface area (Å²) in [5.41, 5.74) is 2.17. The lowest BCUT2D eigenvalue weighted by Gasteiger charge is -2.35. The van der Waals surface area contributed by atoms with Crippen LogP contribution in [0.4, 0.5) is 0 Å². The van der Waals surface area contributed by atoms with Crippen LogP contribution in [0.2, 0.25) is 5.02 Å². The number of halogens is 2. The van der Waals surface area contributed by atoms with E-state index in [1.54, 1.807) is 6.20 Å². The topological polar surface area (TPSA) is 57.3 Å². The Hall–Kier alpha value is -1.66. The van der Waals surface area contributed by atoms with E-state index < -0.39 is 0 Å². The summed E-state index contributed by atoms with van der Waals surface area (Å²) in [7, 11) is 0. The van der Waals surface area contributed by atoms with Crippen molar-refractivity contribution in [2.24, 2.45) is 0 Å². The Morgan fingerprint density at radius 2 is 2.12 bits per heavy atom. The molecule has 1 unspecified atom stereocenters. The lowest BCUT2D eigenvalue weighted by molar-refractivity contribution is -0.123. The van der Waals surface area contributed by atoms with E-state index in [2.05, 4.69) is 26.6 Å². The van der Waals surface area contributed by atoms with Gasteiger partial charge in [-0.1, -0.05) is 29.8 Å². The Labute approximate surface area is 159 Å². The summed E-state index contributed by atoms with van der Waals surface area (Å²) in [5, 5.41) is 7.06. The number of rotatable bonds is 5. The number of carbonyl (C=O) groups excluding carboxylic acids is 1. The molecular weight excluding hydrogens is 359 g/mol. The van der Waals surface area contributed by atoms with Gasteiger partial charge in [-0.3, -0.25) is 14.7 Å². The zero-order chi connectivity index (χ0) is 16.8. The molecule has 134 valence electrons. The van der Waals surface area contributed by atoms with Crippen LogP contribution in [0.25, 0.3) is 0 Å². The highest BCUT2D eigenvalue weighted by Gasteiger charge is 2.25. The van der Waals surface area contributed by atoms with Crippen molar-refractivity contribution in [3.8, 4) is 0 Å². The molecule has 1 amide bonds. The molecule has 0 bridgehead atoms. The van der Waals surface area contributed by atoms with Crippen molar-refractivity contribution in [3.63, 3.8) is 0 Å². The molecule has 0 saturated carbocycles. The third kappa shape index (κ3) is 5.68. The van der Waals surface area contributed by atoms with Gasteiger partial charge < -0.3 is 10.6 Å². The lowest BCUT2D eigenvalue weighted by atomic mass is 10.1. The molecule has 5 nitrogen and oxygen atoms in total. The summed E-state index contributed by atoms with van der Waals surface area (Å²) < 4.78 is 0. The van der Waals surface area contributed by atoms with Gasteiger partial charge in [0, 0.05) is 49.6 Å². The van der Waals surface area contributed by atoms with Gasteiger partial charge in [-0.15, -0.1) is 12.4 Å². The van der Waals surface area contributed by atoms with E-state index in [0.29, 0.717) is 18.1 Å². The van der Waals surface area contributed by atoms with E-state index in [4.69, 9.17) is 11.6 Å². The molecule has 1 aromatic heterocycles. The van der Waals surface area contributed by atoms with E-state index in [9.17, 15) is 4.79 Å². The minimum Gasteiger partial charge on any atom is -0.351 e. The summed E-state index contributed by atoms with van der Waals surface area (Å²) >= 11 is 5.87. The van der Waals surface area contributed by atoms with Crippen molar-refractivity contribution < 1.29 is 4.79 Å². The number of aromatic nitrogens is 1. The van der Waals surface area contributed by atoms with Gasteiger partial charge in [0.25, 0.3) is 0 Å². The Morgan fingerprint density at radius 1 is 1.32 bits per heavy atom. The van der Waals surface area contributed by atoms with E-state index in [1.807, 2.05) is 36.5 Å². The number of hydrogen-bond acceptors (Lipinski definition) is 4. The second-order valence-electron chi connectivity index (χ2n) is 5.88. The molecule has 1 aliphatic heterocycles. The summed E-state index contributed by atoms with van der Waals surface area (Å²) in [6.07, 6.45) is 3.64. The first kappa shape index (κ1) is 19.7. The molecule has 0 aliphatic carbocycles. The molecule has 1 aliphatic rings. The first-order chi connectivity index (χ1) is 11.7. The summed E-state index contributed by atoms with van der Waals surface area (Å²) in [5.74, 6) is 0.0285. The van der Waals surface area contributed by atoms with Crippen LogP contribution in [0, 0.1) is 0 Å². The van der Waals surface area contributed by atoms with Gasteiger partial charge in [0.2, 0.25) is 5.91 Å². The third-order valence-corrected chi connectivity index (χ3v) is 4.43. The number of pyridine rings is 1. The molecule has 7 heteroatoms. The lowest BCUT2D eigenvalue weighted by Crippen LogP contribution is -2.49.